The molecule has 20 heavy (non-hydrogen) atoms. The highest BCUT2D eigenvalue weighted by Gasteiger charge is 2.07. The average molecular weight is 272 g/mol. The number of hydrogen-bond acceptors (Lipinski definition) is 2. The van der Waals surface area contributed by atoms with Crippen molar-refractivity contribution in [3.8, 4) is 11.1 Å². The van der Waals surface area contributed by atoms with Gasteiger partial charge < -0.3 is 10.2 Å². The molecule has 0 radical (unpaired) electrons. The summed E-state index contributed by atoms with van der Waals surface area (Å²) in [6, 6.07) is 13.1. The van der Waals surface area contributed by atoms with Crippen LogP contribution in [0.2, 0.25) is 0 Å². The molecule has 0 aliphatic rings. The van der Waals surface area contributed by atoms with Gasteiger partial charge in [-0.15, -0.1) is 0 Å². The molecular formula is C16H13FO3. The number of carboxylic acid groups (broad SMARTS) is 1. The molecule has 0 amide bonds. The molecule has 0 fully saturated rings. The fourth-order valence-electron chi connectivity index (χ4n) is 1.84. The largest absolute Gasteiger partial charge is 0.478 e. The number of carbonyl (C=O) groups is 1. The first-order chi connectivity index (χ1) is 9.58. The normalized spacial score (nSPS) is 12.5. The third-order valence-corrected chi connectivity index (χ3v) is 2.86. The van der Waals surface area contributed by atoms with Gasteiger partial charge in [0.1, 0.15) is 5.82 Å². The molecule has 2 aromatic rings. The minimum atomic E-state index is -1.12. The van der Waals surface area contributed by atoms with Crippen molar-refractivity contribution in [1.29, 1.82) is 0 Å². The van der Waals surface area contributed by atoms with E-state index < -0.39 is 12.1 Å². The highest BCUT2D eigenvalue weighted by molar-refractivity contribution is 5.79. The molecule has 2 N–H and O–H groups in total. The Bertz CT molecular complexity index is 632. The first-order valence-corrected chi connectivity index (χ1v) is 6.02. The number of carboxylic acids is 1. The second-order valence-electron chi connectivity index (χ2n) is 4.24. The predicted octanol–water partition coefficient (Wildman–Crippen LogP) is 3.17. The first kappa shape index (κ1) is 14.0. The summed E-state index contributed by atoms with van der Waals surface area (Å²) in [4.78, 5) is 10.4. The molecule has 0 aliphatic heterocycles. The van der Waals surface area contributed by atoms with Gasteiger partial charge in [0, 0.05) is 11.6 Å². The van der Waals surface area contributed by atoms with Crippen molar-refractivity contribution in [1.82, 2.24) is 0 Å². The molecule has 0 spiro atoms. The third-order valence-electron chi connectivity index (χ3n) is 2.86. The SMILES string of the molecule is O=C(O)/C=C/C(O)c1ccc(-c2ccccc2F)cc1. The van der Waals surface area contributed by atoms with E-state index in [2.05, 4.69) is 0 Å². The van der Waals surface area contributed by atoms with Gasteiger partial charge in [-0.1, -0.05) is 42.5 Å². The Labute approximate surface area is 115 Å². The van der Waals surface area contributed by atoms with E-state index >= 15 is 0 Å². The number of aliphatic carboxylic acids is 1. The average Bonchev–Trinajstić information content (AvgIpc) is 2.45. The highest BCUT2D eigenvalue weighted by atomic mass is 19.1. The monoisotopic (exact) mass is 272 g/mol. The predicted molar refractivity (Wildman–Crippen MR) is 73.6 cm³/mol. The van der Waals surface area contributed by atoms with Crippen molar-refractivity contribution >= 4 is 5.97 Å². The van der Waals surface area contributed by atoms with Gasteiger partial charge in [0.25, 0.3) is 0 Å². The van der Waals surface area contributed by atoms with Crippen LogP contribution >= 0.6 is 0 Å². The van der Waals surface area contributed by atoms with Crippen molar-refractivity contribution in [2.24, 2.45) is 0 Å². The van der Waals surface area contributed by atoms with E-state index in [9.17, 15) is 14.3 Å². The van der Waals surface area contributed by atoms with Crippen LogP contribution in [0, 0.1) is 5.82 Å². The summed E-state index contributed by atoms with van der Waals surface area (Å²) in [5, 5.41) is 18.3. The molecule has 0 aliphatic carbocycles. The summed E-state index contributed by atoms with van der Waals surface area (Å²) in [6.45, 7) is 0. The smallest absolute Gasteiger partial charge is 0.328 e. The van der Waals surface area contributed by atoms with E-state index in [0.717, 1.165) is 6.08 Å². The van der Waals surface area contributed by atoms with Gasteiger partial charge in [0.15, 0.2) is 0 Å². The minimum Gasteiger partial charge on any atom is -0.478 e. The van der Waals surface area contributed by atoms with Crippen molar-refractivity contribution in [3.63, 3.8) is 0 Å². The van der Waals surface area contributed by atoms with E-state index in [1.807, 2.05) is 0 Å². The van der Waals surface area contributed by atoms with Crippen molar-refractivity contribution in [2.75, 3.05) is 0 Å². The lowest BCUT2D eigenvalue weighted by molar-refractivity contribution is -0.131. The van der Waals surface area contributed by atoms with Crippen LogP contribution in [-0.4, -0.2) is 16.2 Å². The zero-order valence-electron chi connectivity index (χ0n) is 10.5. The molecule has 102 valence electrons. The van der Waals surface area contributed by atoms with Crippen molar-refractivity contribution < 1.29 is 19.4 Å². The summed E-state index contributed by atoms with van der Waals surface area (Å²) in [5.74, 6) is -1.43. The third kappa shape index (κ3) is 3.30. The number of rotatable bonds is 4. The zero-order chi connectivity index (χ0) is 14.5. The lowest BCUT2D eigenvalue weighted by Gasteiger charge is -2.08. The second kappa shape index (κ2) is 6.12. The molecule has 1 unspecified atom stereocenters. The molecule has 2 rings (SSSR count). The lowest BCUT2D eigenvalue weighted by Crippen LogP contribution is -1.95. The maximum atomic E-state index is 13.6. The number of halogens is 1. The molecule has 0 bridgehead atoms. The Morgan fingerprint density at radius 2 is 1.75 bits per heavy atom. The first-order valence-electron chi connectivity index (χ1n) is 6.02. The second-order valence-corrected chi connectivity index (χ2v) is 4.24. The van der Waals surface area contributed by atoms with Gasteiger partial charge in [0.2, 0.25) is 0 Å². The van der Waals surface area contributed by atoms with Crippen molar-refractivity contribution in [3.05, 3.63) is 72.1 Å². The Morgan fingerprint density at radius 1 is 1.10 bits per heavy atom. The molecule has 2 aromatic carbocycles. The number of benzene rings is 2. The molecule has 0 saturated heterocycles. The fraction of sp³-hybridized carbons (Fsp3) is 0.0625. The minimum absolute atomic E-state index is 0.313. The topological polar surface area (TPSA) is 57.5 Å². The van der Waals surface area contributed by atoms with Gasteiger partial charge in [-0.3, -0.25) is 0 Å². The Hall–Kier alpha value is -2.46. The van der Waals surface area contributed by atoms with E-state index in [1.165, 1.54) is 12.1 Å². The standard InChI is InChI=1S/C16H13FO3/c17-14-4-2-1-3-13(14)11-5-7-12(8-6-11)15(18)9-10-16(19)20/h1-10,15,18H,(H,19,20)/b10-9+. The van der Waals surface area contributed by atoms with E-state index in [0.29, 0.717) is 16.7 Å². The number of aliphatic hydroxyl groups excluding tert-OH is 1. The van der Waals surface area contributed by atoms with E-state index in [1.54, 1.807) is 42.5 Å². The van der Waals surface area contributed by atoms with E-state index in [4.69, 9.17) is 5.11 Å². The summed E-state index contributed by atoms with van der Waals surface area (Å²) in [6.07, 6.45) is 1.07. The fourth-order valence-corrected chi connectivity index (χ4v) is 1.84. The van der Waals surface area contributed by atoms with Crippen LogP contribution in [-0.2, 0) is 4.79 Å². The van der Waals surface area contributed by atoms with Gasteiger partial charge in [-0.25, -0.2) is 9.18 Å². The van der Waals surface area contributed by atoms with Crippen molar-refractivity contribution in [2.45, 2.75) is 6.10 Å². The molecular weight excluding hydrogens is 259 g/mol. The molecule has 3 nitrogen and oxygen atoms in total. The zero-order valence-corrected chi connectivity index (χ0v) is 10.5. The van der Waals surface area contributed by atoms with Crippen LogP contribution in [0.25, 0.3) is 11.1 Å². The Morgan fingerprint density at radius 3 is 2.35 bits per heavy atom. The summed E-state index contributed by atoms with van der Waals surface area (Å²) in [5.41, 5.74) is 1.72. The van der Waals surface area contributed by atoms with Gasteiger partial charge in [0.05, 0.1) is 6.10 Å². The molecule has 0 heterocycles. The molecule has 4 heteroatoms. The van der Waals surface area contributed by atoms with Crippen LogP contribution in [0.5, 0.6) is 0 Å². The summed E-state index contributed by atoms with van der Waals surface area (Å²) in [7, 11) is 0. The quantitative estimate of drug-likeness (QED) is 0.840. The van der Waals surface area contributed by atoms with Gasteiger partial charge in [-0.05, 0) is 23.3 Å². The maximum absolute atomic E-state index is 13.6. The van der Waals surface area contributed by atoms with Crippen LogP contribution < -0.4 is 0 Å². The van der Waals surface area contributed by atoms with Crippen LogP contribution in [0.15, 0.2) is 60.7 Å². The van der Waals surface area contributed by atoms with Crippen LogP contribution in [0.1, 0.15) is 11.7 Å². The molecule has 1 atom stereocenters. The lowest BCUT2D eigenvalue weighted by atomic mass is 10.0. The highest BCUT2D eigenvalue weighted by Crippen LogP contribution is 2.24. The summed E-state index contributed by atoms with van der Waals surface area (Å²) < 4.78 is 13.6. The van der Waals surface area contributed by atoms with E-state index in [-0.39, 0.29) is 5.82 Å². The van der Waals surface area contributed by atoms with Crippen LogP contribution in [0.3, 0.4) is 0 Å². The number of aliphatic hydroxyl groups is 1. The Kier molecular flexibility index (Phi) is 4.27. The maximum Gasteiger partial charge on any atom is 0.328 e. The van der Waals surface area contributed by atoms with Gasteiger partial charge >= 0.3 is 5.97 Å². The molecule has 0 saturated carbocycles. The van der Waals surface area contributed by atoms with Gasteiger partial charge in [-0.2, -0.15) is 0 Å². The molecule has 0 aromatic heterocycles. The number of hydrogen-bond donors (Lipinski definition) is 2. The summed E-state index contributed by atoms with van der Waals surface area (Å²) >= 11 is 0. The van der Waals surface area contributed by atoms with Crippen LogP contribution in [0.4, 0.5) is 4.39 Å². The Balaban J connectivity index is 2.23.